The minimum Gasteiger partial charge on any atom is -0.384 e. The van der Waals surface area contributed by atoms with Gasteiger partial charge in [-0.15, -0.1) is 0 Å². The molecule has 0 saturated carbocycles. The number of rotatable bonds is 4. The van der Waals surface area contributed by atoms with Gasteiger partial charge >= 0.3 is 0 Å². The van der Waals surface area contributed by atoms with Crippen molar-refractivity contribution < 1.29 is 9.59 Å². The zero-order chi connectivity index (χ0) is 32.7. The van der Waals surface area contributed by atoms with Crippen molar-refractivity contribution in [2.75, 3.05) is 33.9 Å². The average molecular weight is 807 g/mol. The maximum atomic E-state index is 12.0. The Bertz CT molecular complexity index is 1770. The Morgan fingerprint density at radius 2 is 1.27 bits per heavy atom. The largest absolute Gasteiger partial charge is 0.384 e. The first kappa shape index (κ1) is 34.1. The molecule has 2 saturated heterocycles. The molecule has 2 aliphatic heterocycles. The molecule has 4 aromatic heterocycles. The molecule has 0 radical (unpaired) electrons. The number of nitrogens with zero attached hydrogens (tertiary/aromatic N) is 6. The highest BCUT2D eigenvalue weighted by Crippen LogP contribution is 2.23. The third-order valence-corrected chi connectivity index (χ3v) is 8.24. The first-order chi connectivity index (χ1) is 21.4. The summed E-state index contributed by atoms with van der Waals surface area (Å²) >= 11 is 9.75. The second-order valence-electron chi connectivity index (χ2n) is 10.2. The third-order valence-electron chi connectivity index (χ3n) is 6.81. The zero-order valence-corrected chi connectivity index (χ0v) is 29.3. The van der Waals surface area contributed by atoms with E-state index in [1.54, 1.807) is 72.9 Å². The normalized spacial score (nSPS) is 14.1. The smallest absolute Gasteiger partial charge is 0.274 e. The number of halogens is 3. The van der Waals surface area contributed by atoms with Crippen LogP contribution in [0.1, 0.15) is 25.7 Å². The maximum Gasteiger partial charge on any atom is 0.274 e. The number of carbonyl (C=O) groups excluding carboxylic acids is 2. The van der Waals surface area contributed by atoms with E-state index in [2.05, 4.69) is 63.1 Å². The number of carbonyl (C=O) groups is 2. The van der Waals surface area contributed by atoms with Crippen molar-refractivity contribution in [1.82, 2.24) is 19.1 Å². The monoisotopic (exact) mass is 804 g/mol. The van der Waals surface area contributed by atoms with E-state index in [-0.39, 0.29) is 22.9 Å². The lowest BCUT2D eigenvalue weighted by Gasteiger charge is -2.15. The van der Waals surface area contributed by atoms with Crippen LogP contribution in [0.15, 0.2) is 84.2 Å². The van der Waals surface area contributed by atoms with Crippen molar-refractivity contribution >= 4 is 88.3 Å². The highest BCUT2D eigenvalue weighted by Gasteiger charge is 2.22. The molecule has 0 atom stereocenters. The van der Waals surface area contributed by atoms with Gasteiger partial charge < -0.3 is 30.0 Å². The zero-order valence-electron chi connectivity index (χ0n) is 24.5. The topological polar surface area (TPSA) is 148 Å². The Kier molecular flexibility index (Phi) is 11.7. The second-order valence-corrected chi connectivity index (χ2v) is 12.9. The van der Waals surface area contributed by atoms with Crippen molar-refractivity contribution in [2.24, 2.45) is 14.1 Å². The van der Waals surface area contributed by atoms with Crippen molar-refractivity contribution in [3.8, 4) is 0 Å². The van der Waals surface area contributed by atoms with Gasteiger partial charge in [-0.1, -0.05) is 0 Å². The molecule has 12 nitrogen and oxygen atoms in total. The maximum absolute atomic E-state index is 12.0. The number of aromatic nitrogens is 4. The summed E-state index contributed by atoms with van der Waals surface area (Å²) in [7, 11) is 3.39. The Labute approximate surface area is 284 Å². The molecule has 0 spiro atoms. The van der Waals surface area contributed by atoms with Crippen molar-refractivity contribution in [2.45, 2.75) is 25.7 Å². The Balaban J connectivity index is 0.000000170. The molecule has 0 bridgehead atoms. The van der Waals surface area contributed by atoms with E-state index in [1.807, 2.05) is 12.1 Å². The van der Waals surface area contributed by atoms with E-state index in [0.29, 0.717) is 34.6 Å². The summed E-state index contributed by atoms with van der Waals surface area (Å²) in [6, 6.07) is 10.6. The van der Waals surface area contributed by atoms with E-state index in [1.165, 1.54) is 9.13 Å². The van der Waals surface area contributed by atoms with E-state index in [9.17, 15) is 19.2 Å². The molecule has 4 aromatic rings. The van der Waals surface area contributed by atoms with Gasteiger partial charge in [0.1, 0.15) is 17.3 Å². The van der Waals surface area contributed by atoms with Crippen LogP contribution in [0.3, 0.4) is 0 Å². The van der Waals surface area contributed by atoms with Crippen LogP contribution in [0.5, 0.6) is 0 Å². The lowest BCUT2D eigenvalue weighted by atomic mass is 10.3. The van der Waals surface area contributed by atoms with E-state index < -0.39 is 0 Å². The number of anilines is 5. The van der Waals surface area contributed by atoms with E-state index in [4.69, 9.17) is 5.73 Å². The van der Waals surface area contributed by atoms with Gasteiger partial charge in [0.2, 0.25) is 11.8 Å². The molecule has 236 valence electrons. The van der Waals surface area contributed by atoms with Crippen molar-refractivity contribution in [1.29, 1.82) is 0 Å². The predicted octanol–water partition coefficient (Wildman–Crippen LogP) is 5.11. The van der Waals surface area contributed by atoms with Crippen LogP contribution >= 0.6 is 47.8 Å². The van der Waals surface area contributed by atoms with Gasteiger partial charge in [0.05, 0.1) is 28.2 Å². The van der Waals surface area contributed by atoms with Gasteiger partial charge in [-0.25, -0.2) is 9.97 Å². The Morgan fingerprint density at radius 1 is 0.733 bits per heavy atom. The predicted molar refractivity (Wildman–Crippen MR) is 186 cm³/mol. The Morgan fingerprint density at radius 3 is 1.73 bits per heavy atom. The fourth-order valence-corrected chi connectivity index (χ4v) is 6.45. The molecule has 0 aliphatic carbocycles. The van der Waals surface area contributed by atoms with E-state index in [0.717, 1.165) is 46.3 Å². The highest BCUT2D eigenvalue weighted by atomic mass is 79.9. The van der Waals surface area contributed by atoms with Crippen LogP contribution < -0.4 is 32.0 Å². The molecule has 15 heteroatoms. The molecule has 6 rings (SSSR count). The number of amides is 2. The molecule has 2 amide bonds. The molecular weight excluding hydrogens is 776 g/mol. The molecular formula is C30H31Br3N8O4. The third kappa shape index (κ3) is 9.11. The minimum absolute atomic E-state index is 0.0248. The quantitative estimate of drug-likeness (QED) is 0.289. The molecule has 2 fully saturated rings. The molecule has 0 unspecified atom stereocenters. The van der Waals surface area contributed by atoms with Crippen LogP contribution in [-0.4, -0.2) is 44.0 Å². The summed E-state index contributed by atoms with van der Waals surface area (Å²) in [6.45, 7) is 1.53. The number of nitrogens with one attached hydrogen (secondary N) is 1. The SMILES string of the molecule is Cn1cc(Br)cc(Br)c1=O.Cn1cc(Br)cc(Nc2ccc(N3CCCC3=O)cn2)c1=O.Nc1ccc(N2CCCC2=O)cn1. The lowest BCUT2D eigenvalue weighted by molar-refractivity contribution is -0.117. The van der Waals surface area contributed by atoms with Crippen LogP contribution in [0.4, 0.5) is 28.7 Å². The first-order valence-corrected chi connectivity index (χ1v) is 16.2. The van der Waals surface area contributed by atoms with Gasteiger partial charge in [-0.3, -0.25) is 19.2 Å². The number of hydrogen-bond donors (Lipinski definition) is 2. The number of hydrogen-bond acceptors (Lipinski definition) is 8. The van der Waals surface area contributed by atoms with Crippen LogP contribution in [0.2, 0.25) is 0 Å². The fraction of sp³-hybridized carbons (Fsp3) is 0.267. The standard InChI is InChI=1S/C15H15BrN4O2.C9H11N3O.C6H5Br2NO/c1-19-9-10(16)7-12(15(19)22)18-13-5-4-11(8-17-13)20-6-2-3-14(20)21;10-8-4-3-7(6-11-8)12-5-1-2-9(12)13;1-9-3-4(7)2-5(8)6(9)10/h4-5,7-9H,2-3,6H2,1H3,(H,17,18);3-4,6H,1-2,5H2,(H2,10,11);2-3H,1H3. The first-order valence-electron chi connectivity index (χ1n) is 13.9. The van der Waals surface area contributed by atoms with Crippen LogP contribution in [-0.2, 0) is 23.7 Å². The summed E-state index contributed by atoms with van der Waals surface area (Å²) in [5.74, 6) is 1.34. The lowest BCUT2D eigenvalue weighted by Crippen LogP contribution is -2.23. The molecule has 0 aromatic carbocycles. The summed E-state index contributed by atoms with van der Waals surface area (Å²) in [5, 5.41) is 3.00. The van der Waals surface area contributed by atoms with Gasteiger partial charge in [0, 0.05) is 61.4 Å². The number of nitrogens with two attached hydrogens (primary N) is 1. The van der Waals surface area contributed by atoms with Gasteiger partial charge in [0.15, 0.2) is 0 Å². The number of pyridine rings is 4. The summed E-state index contributed by atoms with van der Waals surface area (Å²) in [4.78, 5) is 57.8. The molecule has 6 heterocycles. The van der Waals surface area contributed by atoms with Gasteiger partial charge in [-0.05, 0) is 97.0 Å². The molecule has 3 N–H and O–H groups in total. The van der Waals surface area contributed by atoms with E-state index >= 15 is 0 Å². The summed E-state index contributed by atoms with van der Waals surface area (Å²) < 4.78 is 5.26. The molecule has 45 heavy (non-hydrogen) atoms. The van der Waals surface area contributed by atoms with Crippen molar-refractivity contribution in [3.63, 3.8) is 0 Å². The second kappa shape index (κ2) is 15.5. The van der Waals surface area contributed by atoms with Crippen molar-refractivity contribution in [3.05, 3.63) is 95.3 Å². The van der Waals surface area contributed by atoms with Gasteiger partial charge in [-0.2, -0.15) is 0 Å². The van der Waals surface area contributed by atoms with Gasteiger partial charge in [0.25, 0.3) is 11.1 Å². The highest BCUT2D eigenvalue weighted by molar-refractivity contribution is 9.11. The average Bonchev–Trinajstić information content (AvgIpc) is 3.63. The van der Waals surface area contributed by atoms with Crippen LogP contribution in [0, 0.1) is 0 Å². The Hall–Kier alpha value is -3.82. The fourth-order valence-electron chi connectivity index (χ4n) is 4.55. The number of nitrogen functional groups attached to an aromatic ring is 1. The summed E-state index contributed by atoms with van der Waals surface area (Å²) in [5.41, 5.74) is 7.36. The molecule has 2 aliphatic rings. The number of aryl methyl sites for hydroxylation is 2. The van der Waals surface area contributed by atoms with Crippen LogP contribution in [0.25, 0.3) is 0 Å². The summed E-state index contributed by atoms with van der Waals surface area (Å²) in [6.07, 6.45) is 9.75. The minimum atomic E-state index is -0.135.